The van der Waals surface area contributed by atoms with Gasteiger partial charge >= 0.3 is 5.97 Å². The van der Waals surface area contributed by atoms with Gasteiger partial charge in [0.25, 0.3) is 0 Å². The Morgan fingerprint density at radius 2 is 2.29 bits per heavy atom. The molecule has 0 aliphatic carbocycles. The van der Waals surface area contributed by atoms with Gasteiger partial charge in [-0.2, -0.15) is 0 Å². The molecule has 0 bridgehead atoms. The smallest absolute Gasteiger partial charge is 0.320 e. The van der Waals surface area contributed by atoms with Gasteiger partial charge in [0.2, 0.25) is 0 Å². The SMILES string of the molecule is CC[C@@H](C(=O)O)N1CCOc2ccccc2C1. The molecule has 2 rings (SSSR count). The summed E-state index contributed by atoms with van der Waals surface area (Å²) in [6.07, 6.45) is 0.609. The van der Waals surface area contributed by atoms with E-state index in [2.05, 4.69) is 0 Å². The standard InChI is InChI=1S/C13H17NO3/c1-2-11(13(15)16)14-7-8-17-12-6-4-3-5-10(12)9-14/h3-6,11H,2,7-9H2,1H3,(H,15,16)/t11-/m0/s1. The third-order valence-electron chi connectivity index (χ3n) is 3.09. The Labute approximate surface area is 101 Å². The van der Waals surface area contributed by atoms with Crippen LogP contribution in [0.3, 0.4) is 0 Å². The lowest BCUT2D eigenvalue weighted by atomic mass is 10.1. The van der Waals surface area contributed by atoms with Crippen molar-refractivity contribution in [1.29, 1.82) is 0 Å². The zero-order chi connectivity index (χ0) is 12.3. The van der Waals surface area contributed by atoms with E-state index in [-0.39, 0.29) is 0 Å². The van der Waals surface area contributed by atoms with Gasteiger partial charge in [-0.25, -0.2) is 0 Å². The van der Waals surface area contributed by atoms with E-state index in [1.54, 1.807) is 0 Å². The molecule has 0 saturated heterocycles. The summed E-state index contributed by atoms with van der Waals surface area (Å²) in [4.78, 5) is 13.1. The minimum Gasteiger partial charge on any atom is -0.492 e. The number of carboxylic acids is 1. The van der Waals surface area contributed by atoms with Crippen molar-refractivity contribution in [3.8, 4) is 5.75 Å². The summed E-state index contributed by atoms with van der Waals surface area (Å²) in [7, 11) is 0. The number of para-hydroxylation sites is 1. The van der Waals surface area contributed by atoms with Crippen LogP contribution in [0.4, 0.5) is 0 Å². The molecule has 17 heavy (non-hydrogen) atoms. The van der Waals surface area contributed by atoms with Crippen molar-refractivity contribution in [1.82, 2.24) is 4.90 Å². The third-order valence-corrected chi connectivity index (χ3v) is 3.09. The second-order valence-electron chi connectivity index (χ2n) is 4.19. The number of benzene rings is 1. The van der Waals surface area contributed by atoms with E-state index in [0.29, 0.717) is 26.1 Å². The molecule has 0 radical (unpaired) electrons. The van der Waals surface area contributed by atoms with E-state index >= 15 is 0 Å². The van der Waals surface area contributed by atoms with Crippen LogP contribution in [0.25, 0.3) is 0 Å². The average molecular weight is 235 g/mol. The van der Waals surface area contributed by atoms with E-state index in [1.807, 2.05) is 36.1 Å². The van der Waals surface area contributed by atoms with Crippen LogP contribution >= 0.6 is 0 Å². The van der Waals surface area contributed by atoms with Crippen molar-refractivity contribution in [2.75, 3.05) is 13.2 Å². The molecule has 0 fully saturated rings. The van der Waals surface area contributed by atoms with Crippen molar-refractivity contribution >= 4 is 5.97 Å². The fraction of sp³-hybridized carbons (Fsp3) is 0.462. The Kier molecular flexibility index (Phi) is 3.64. The first-order chi connectivity index (χ1) is 8.22. The number of carbonyl (C=O) groups is 1. The molecule has 1 aliphatic heterocycles. The number of rotatable bonds is 3. The molecule has 1 N–H and O–H groups in total. The number of hydrogen-bond donors (Lipinski definition) is 1. The van der Waals surface area contributed by atoms with Crippen LogP contribution in [-0.2, 0) is 11.3 Å². The molecule has 0 aromatic heterocycles. The van der Waals surface area contributed by atoms with Crippen LogP contribution in [0.2, 0.25) is 0 Å². The summed E-state index contributed by atoms with van der Waals surface area (Å²) in [5.41, 5.74) is 1.06. The van der Waals surface area contributed by atoms with Crippen molar-refractivity contribution in [2.24, 2.45) is 0 Å². The predicted octanol–water partition coefficient (Wildman–Crippen LogP) is 1.74. The van der Waals surface area contributed by atoms with E-state index in [0.717, 1.165) is 11.3 Å². The zero-order valence-corrected chi connectivity index (χ0v) is 9.93. The largest absolute Gasteiger partial charge is 0.492 e. The van der Waals surface area contributed by atoms with E-state index < -0.39 is 12.0 Å². The third kappa shape index (κ3) is 2.58. The zero-order valence-electron chi connectivity index (χ0n) is 9.93. The molecular formula is C13H17NO3. The molecule has 92 valence electrons. The first-order valence-corrected chi connectivity index (χ1v) is 5.90. The fourth-order valence-electron chi connectivity index (χ4n) is 2.20. The summed E-state index contributed by atoms with van der Waals surface area (Å²) in [6, 6.07) is 7.38. The Bertz CT molecular complexity index is 405. The maximum atomic E-state index is 11.2. The lowest BCUT2D eigenvalue weighted by Crippen LogP contribution is -2.41. The molecule has 0 unspecified atom stereocenters. The van der Waals surface area contributed by atoms with Gasteiger partial charge in [0.05, 0.1) is 0 Å². The van der Waals surface area contributed by atoms with Crippen molar-refractivity contribution in [3.63, 3.8) is 0 Å². The van der Waals surface area contributed by atoms with Crippen LogP contribution in [0.5, 0.6) is 5.75 Å². The second-order valence-corrected chi connectivity index (χ2v) is 4.19. The Hall–Kier alpha value is -1.55. The molecule has 1 atom stereocenters. The van der Waals surface area contributed by atoms with Crippen molar-refractivity contribution in [3.05, 3.63) is 29.8 Å². The van der Waals surface area contributed by atoms with Crippen LogP contribution in [0.15, 0.2) is 24.3 Å². The van der Waals surface area contributed by atoms with Gasteiger partial charge in [-0.05, 0) is 12.5 Å². The highest BCUT2D eigenvalue weighted by Crippen LogP contribution is 2.24. The highest BCUT2D eigenvalue weighted by molar-refractivity contribution is 5.73. The van der Waals surface area contributed by atoms with Gasteiger partial charge in [-0.15, -0.1) is 0 Å². The highest BCUT2D eigenvalue weighted by Gasteiger charge is 2.26. The minimum absolute atomic E-state index is 0.426. The lowest BCUT2D eigenvalue weighted by Gasteiger charge is -2.25. The van der Waals surface area contributed by atoms with Gasteiger partial charge in [-0.1, -0.05) is 25.1 Å². The number of ether oxygens (including phenoxy) is 1. The summed E-state index contributed by atoms with van der Waals surface area (Å²) >= 11 is 0. The molecular weight excluding hydrogens is 218 g/mol. The van der Waals surface area contributed by atoms with Crippen molar-refractivity contribution in [2.45, 2.75) is 25.9 Å². The molecule has 1 heterocycles. The normalized spacial score (nSPS) is 17.7. The van der Waals surface area contributed by atoms with Crippen LogP contribution in [0.1, 0.15) is 18.9 Å². The summed E-state index contributed by atoms with van der Waals surface area (Å²) in [6.45, 7) is 3.73. The molecule has 0 amide bonds. The minimum atomic E-state index is -0.758. The van der Waals surface area contributed by atoms with Gasteiger partial charge in [0, 0.05) is 18.7 Å². The van der Waals surface area contributed by atoms with Gasteiger partial charge in [-0.3, -0.25) is 9.69 Å². The Morgan fingerprint density at radius 3 is 3.00 bits per heavy atom. The molecule has 1 aromatic rings. The van der Waals surface area contributed by atoms with E-state index in [4.69, 9.17) is 4.74 Å². The van der Waals surface area contributed by atoms with Crippen molar-refractivity contribution < 1.29 is 14.6 Å². The number of carboxylic acid groups (broad SMARTS) is 1. The lowest BCUT2D eigenvalue weighted by molar-refractivity contribution is -0.143. The number of aliphatic carboxylic acids is 1. The Balaban J connectivity index is 2.20. The number of fused-ring (bicyclic) bond motifs is 1. The number of nitrogens with zero attached hydrogens (tertiary/aromatic N) is 1. The maximum absolute atomic E-state index is 11.2. The molecule has 1 aliphatic rings. The number of hydrogen-bond acceptors (Lipinski definition) is 3. The maximum Gasteiger partial charge on any atom is 0.320 e. The second kappa shape index (κ2) is 5.19. The topological polar surface area (TPSA) is 49.8 Å². The predicted molar refractivity (Wildman–Crippen MR) is 64.1 cm³/mol. The Morgan fingerprint density at radius 1 is 1.53 bits per heavy atom. The molecule has 0 spiro atoms. The van der Waals surface area contributed by atoms with Gasteiger partial charge in [0.1, 0.15) is 18.4 Å². The van der Waals surface area contributed by atoms with Crippen LogP contribution in [0, 0.1) is 0 Å². The first kappa shape index (κ1) is 11.9. The van der Waals surface area contributed by atoms with Gasteiger partial charge < -0.3 is 9.84 Å². The highest BCUT2D eigenvalue weighted by atomic mass is 16.5. The molecule has 0 saturated carbocycles. The van der Waals surface area contributed by atoms with E-state index in [9.17, 15) is 9.90 Å². The molecule has 4 nitrogen and oxygen atoms in total. The molecule has 1 aromatic carbocycles. The quantitative estimate of drug-likeness (QED) is 0.867. The monoisotopic (exact) mass is 235 g/mol. The summed E-state index contributed by atoms with van der Waals surface area (Å²) in [5, 5.41) is 9.18. The van der Waals surface area contributed by atoms with Gasteiger partial charge in [0.15, 0.2) is 0 Å². The van der Waals surface area contributed by atoms with E-state index in [1.165, 1.54) is 0 Å². The van der Waals surface area contributed by atoms with Crippen LogP contribution < -0.4 is 4.74 Å². The summed E-state index contributed by atoms with van der Waals surface area (Å²) < 4.78 is 5.62. The summed E-state index contributed by atoms with van der Waals surface area (Å²) in [5.74, 6) is 0.113. The van der Waals surface area contributed by atoms with Crippen LogP contribution in [-0.4, -0.2) is 35.2 Å². The fourth-order valence-corrected chi connectivity index (χ4v) is 2.20. The average Bonchev–Trinajstić information content (AvgIpc) is 2.51. The first-order valence-electron chi connectivity index (χ1n) is 5.90. The molecule has 4 heteroatoms.